The van der Waals surface area contributed by atoms with Crippen LogP contribution in [0.5, 0.6) is 0 Å². The average Bonchev–Trinajstić information content (AvgIpc) is 2.49. The van der Waals surface area contributed by atoms with Gasteiger partial charge in [-0.25, -0.2) is 4.39 Å². The van der Waals surface area contributed by atoms with Crippen molar-refractivity contribution >= 4 is 0 Å². The maximum absolute atomic E-state index is 13.5. The third kappa shape index (κ3) is 1.48. The summed E-state index contributed by atoms with van der Waals surface area (Å²) in [4.78, 5) is 2.42. The Bertz CT molecular complexity index is 216. The normalized spacial score (nSPS) is 43.5. The van der Waals surface area contributed by atoms with Gasteiger partial charge in [-0.15, -0.1) is 0 Å². The fourth-order valence-electron chi connectivity index (χ4n) is 3.56. The molecule has 2 saturated heterocycles. The maximum Gasteiger partial charge on any atom is 0.115 e. The summed E-state index contributed by atoms with van der Waals surface area (Å²) in [5.74, 6) is 1.37. The van der Waals surface area contributed by atoms with E-state index in [0.717, 1.165) is 13.0 Å². The minimum absolute atomic E-state index is 0.216. The molecule has 0 aliphatic carbocycles. The first-order valence-corrected chi connectivity index (χ1v) is 5.94. The number of rotatable bonds is 2. The molecule has 2 fully saturated rings. The largest absolute Gasteiger partial charge is 0.294 e. The Balaban J connectivity index is 2.17. The Morgan fingerprint density at radius 1 is 1.50 bits per heavy atom. The number of fused-ring (bicyclic) bond motifs is 1. The third-order valence-corrected chi connectivity index (χ3v) is 4.13. The Morgan fingerprint density at radius 2 is 2.21 bits per heavy atom. The van der Waals surface area contributed by atoms with Crippen LogP contribution in [0.2, 0.25) is 0 Å². The fraction of sp³-hybridized carbons (Fsp3) is 1.00. The van der Waals surface area contributed by atoms with Gasteiger partial charge in [0.15, 0.2) is 0 Å². The first-order chi connectivity index (χ1) is 6.54. The van der Waals surface area contributed by atoms with Gasteiger partial charge in [0.1, 0.15) is 6.17 Å². The molecular formula is C12H22FN. The molecule has 0 aromatic carbocycles. The molecule has 0 radical (unpaired) electrons. The molecule has 14 heavy (non-hydrogen) atoms. The van der Waals surface area contributed by atoms with Gasteiger partial charge in [-0.3, -0.25) is 4.90 Å². The Labute approximate surface area is 86.7 Å². The summed E-state index contributed by atoms with van der Waals surface area (Å²) in [5.41, 5.74) is 0.216. The Kier molecular flexibility index (Phi) is 2.59. The summed E-state index contributed by atoms with van der Waals surface area (Å²) in [5, 5.41) is 0. The van der Waals surface area contributed by atoms with Crippen LogP contribution in [-0.2, 0) is 0 Å². The highest BCUT2D eigenvalue weighted by atomic mass is 19.1. The molecule has 2 heterocycles. The van der Waals surface area contributed by atoms with Crippen LogP contribution < -0.4 is 0 Å². The van der Waals surface area contributed by atoms with E-state index in [4.69, 9.17) is 0 Å². The second-order valence-corrected chi connectivity index (χ2v) is 5.64. The van der Waals surface area contributed by atoms with Crippen molar-refractivity contribution in [3.8, 4) is 0 Å². The van der Waals surface area contributed by atoms with Crippen molar-refractivity contribution in [3.05, 3.63) is 0 Å². The van der Waals surface area contributed by atoms with Crippen LogP contribution in [0.1, 0.15) is 40.0 Å². The van der Waals surface area contributed by atoms with Gasteiger partial charge in [0, 0.05) is 12.1 Å². The van der Waals surface area contributed by atoms with Crippen molar-refractivity contribution in [2.75, 3.05) is 13.1 Å². The van der Waals surface area contributed by atoms with E-state index in [9.17, 15) is 4.39 Å². The molecule has 0 saturated carbocycles. The lowest BCUT2D eigenvalue weighted by Crippen LogP contribution is -2.43. The van der Waals surface area contributed by atoms with E-state index in [1.54, 1.807) is 0 Å². The monoisotopic (exact) mass is 199 g/mol. The van der Waals surface area contributed by atoms with Crippen molar-refractivity contribution in [2.24, 2.45) is 11.8 Å². The molecule has 82 valence electrons. The van der Waals surface area contributed by atoms with Crippen molar-refractivity contribution in [3.63, 3.8) is 0 Å². The molecule has 0 aromatic heterocycles. The van der Waals surface area contributed by atoms with Crippen molar-refractivity contribution in [2.45, 2.75) is 51.7 Å². The molecule has 0 aromatic rings. The number of hydrogen-bond donors (Lipinski definition) is 0. The highest BCUT2D eigenvalue weighted by molar-refractivity contribution is 5.07. The Morgan fingerprint density at radius 3 is 2.86 bits per heavy atom. The van der Waals surface area contributed by atoms with Gasteiger partial charge in [-0.05, 0) is 37.6 Å². The van der Waals surface area contributed by atoms with Crippen LogP contribution in [0.15, 0.2) is 0 Å². The van der Waals surface area contributed by atoms with Crippen LogP contribution in [0.4, 0.5) is 4.39 Å². The Hall–Kier alpha value is -0.110. The second-order valence-electron chi connectivity index (χ2n) is 5.64. The summed E-state index contributed by atoms with van der Waals surface area (Å²) in [6, 6.07) is 0. The highest BCUT2D eigenvalue weighted by Crippen LogP contribution is 2.47. The van der Waals surface area contributed by atoms with Crippen LogP contribution in [0.25, 0.3) is 0 Å². The number of hydrogen-bond acceptors (Lipinski definition) is 1. The molecule has 3 atom stereocenters. The number of nitrogens with zero attached hydrogens (tertiary/aromatic N) is 1. The van der Waals surface area contributed by atoms with Crippen molar-refractivity contribution < 1.29 is 4.39 Å². The van der Waals surface area contributed by atoms with E-state index < -0.39 is 6.17 Å². The van der Waals surface area contributed by atoms with Crippen LogP contribution in [0, 0.1) is 11.8 Å². The van der Waals surface area contributed by atoms with Crippen LogP contribution in [0.3, 0.4) is 0 Å². The fourth-order valence-corrected chi connectivity index (χ4v) is 3.56. The molecule has 2 aliphatic heterocycles. The molecule has 1 unspecified atom stereocenters. The van der Waals surface area contributed by atoms with Gasteiger partial charge in [0.25, 0.3) is 0 Å². The van der Waals surface area contributed by atoms with E-state index in [1.165, 1.54) is 12.8 Å². The summed E-state index contributed by atoms with van der Waals surface area (Å²) >= 11 is 0. The molecule has 2 aliphatic rings. The lowest BCUT2D eigenvalue weighted by Gasteiger charge is -2.37. The molecule has 2 heteroatoms. The van der Waals surface area contributed by atoms with Crippen LogP contribution >= 0.6 is 0 Å². The molecule has 0 bridgehead atoms. The molecule has 1 nitrogen and oxygen atoms in total. The third-order valence-electron chi connectivity index (χ3n) is 4.13. The first-order valence-electron chi connectivity index (χ1n) is 5.94. The topological polar surface area (TPSA) is 3.24 Å². The zero-order valence-corrected chi connectivity index (χ0v) is 9.59. The predicted octanol–water partition coefficient (Wildman–Crippen LogP) is 2.85. The predicted molar refractivity (Wildman–Crippen MR) is 57.1 cm³/mol. The van der Waals surface area contributed by atoms with Crippen molar-refractivity contribution in [1.29, 1.82) is 0 Å². The van der Waals surface area contributed by atoms with E-state index in [2.05, 4.69) is 25.7 Å². The second kappa shape index (κ2) is 3.48. The van der Waals surface area contributed by atoms with Gasteiger partial charge < -0.3 is 0 Å². The molecule has 0 N–H and O–H groups in total. The summed E-state index contributed by atoms with van der Waals surface area (Å²) in [6.45, 7) is 8.62. The maximum atomic E-state index is 13.5. The molecular weight excluding hydrogens is 177 g/mol. The SMILES string of the molecule is CC(C)C[C@]12C[C@@H](F)CN1CCC2C. The van der Waals surface area contributed by atoms with Gasteiger partial charge in [-0.2, -0.15) is 0 Å². The van der Waals surface area contributed by atoms with Crippen LogP contribution in [-0.4, -0.2) is 29.7 Å². The average molecular weight is 199 g/mol. The highest BCUT2D eigenvalue weighted by Gasteiger charge is 2.52. The number of halogens is 1. The molecule has 0 spiro atoms. The lowest BCUT2D eigenvalue weighted by atomic mass is 9.78. The smallest absolute Gasteiger partial charge is 0.115 e. The van der Waals surface area contributed by atoms with Gasteiger partial charge in [-0.1, -0.05) is 20.8 Å². The van der Waals surface area contributed by atoms with E-state index in [0.29, 0.717) is 18.4 Å². The minimum atomic E-state index is -0.573. The number of alkyl halides is 1. The standard InChI is InChI=1S/C12H22FN/c1-9(2)6-12-7-11(13)8-14(12)5-4-10(12)3/h9-11H,4-8H2,1-3H3/t10?,11-,12-/m1/s1. The summed E-state index contributed by atoms with van der Waals surface area (Å²) < 4.78 is 13.5. The summed E-state index contributed by atoms with van der Waals surface area (Å²) in [6.07, 6.45) is 2.65. The van der Waals surface area contributed by atoms with E-state index in [1.807, 2.05) is 0 Å². The zero-order valence-electron chi connectivity index (χ0n) is 9.59. The molecule has 2 rings (SSSR count). The quantitative estimate of drug-likeness (QED) is 0.661. The van der Waals surface area contributed by atoms with E-state index >= 15 is 0 Å². The van der Waals surface area contributed by atoms with E-state index in [-0.39, 0.29) is 5.54 Å². The van der Waals surface area contributed by atoms with Gasteiger partial charge in [0.2, 0.25) is 0 Å². The van der Waals surface area contributed by atoms with Gasteiger partial charge in [0.05, 0.1) is 0 Å². The molecule has 0 amide bonds. The van der Waals surface area contributed by atoms with Crippen molar-refractivity contribution in [1.82, 2.24) is 4.90 Å². The zero-order chi connectivity index (χ0) is 10.3. The summed E-state index contributed by atoms with van der Waals surface area (Å²) in [7, 11) is 0. The van der Waals surface area contributed by atoms with Gasteiger partial charge >= 0.3 is 0 Å². The first kappa shape index (κ1) is 10.4. The minimum Gasteiger partial charge on any atom is -0.294 e. The lowest BCUT2D eigenvalue weighted by molar-refractivity contribution is 0.127.